The first-order valence-corrected chi connectivity index (χ1v) is 7.37. The van der Waals surface area contributed by atoms with Gasteiger partial charge in [0.05, 0.1) is 0 Å². The van der Waals surface area contributed by atoms with Gasteiger partial charge in [-0.3, -0.25) is 0 Å². The Balaban J connectivity index is 1.48. The fourth-order valence-corrected chi connectivity index (χ4v) is 4.78. The van der Waals surface area contributed by atoms with E-state index >= 15 is 0 Å². The van der Waals surface area contributed by atoms with Crippen LogP contribution in [0.3, 0.4) is 0 Å². The van der Waals surface area contributed by atoms with Gasteiger partial charge in [-0.15, -0.1) is 0 Å². The zero-order valence-electron chi connectivity index (χ0n) is 11.1. The summed E-state index contributed by atoms with van der Waals surface area (Å²) in [6.07, 6.45) is 4.18. The van der Waals surface area contributed by atoms with E-state index in [1.54, 1.807) is 12.1 Å². The monoisotopic (exact) mass is 263 g/mol. The van der Waals surface area contributed by atoms with Crippen LogP contribution >= 0.6 is 0 Å². The van der Waals surface area contributed by atoms with Crippen LogP contribution < -0.4 is 5.32 Å². The number of hydrogen-bond donors (Lipinski definition) is 1. The van der Waals surface area contributed by atoms with Crippen LogP contribution in [0.15, 0.2) is 18.2 Å². The number of halogens is 2. The quantitative estimate of drug-likeness (QED) is 0.877. The van der Waals surface area contributed by atoms with E-state index in [2.05, 4.69) is 5.32 Å². The summed E-state index contributed by atoms with van der Waals surface area (Å²) in [5.74, 6) is 1.99. The van der Waals surface area contributed by atoms with Crippen molar-refractivity contribution in [2.24, 2.45) is 23.7 Å². The van der Waals surface area contributed by atoms with E-state index in [9.17, 15) is 8.78 Å². The van der Waals surface area contributed by atoms with Gasteiger partial charge >= 0.3 is 0 Å². The maximum absolute atomic E-state index is 13.8. The van der Waals surface area contributed by atoms with Gasteiger partial charge in [-0.1, -0.05) is 12.1 Å². The second-order valence-electron chi connectivity index (χ2n) is 6.55. The van der Waals surface area contributed by atoms with Crippen LogP contribution in [0.1, 0.15) is 37.8 Å². The lowest BCUT2D eigenvalue weighted by Crippen LogP contribution is -2.27. The molecule has 3 aliphatic rings. The SMILES string of the molecule is CC(NC1C2C3CCC(C3)C12)c1cccc(F)c1F. The average Bonchev–Trinajstić information content (AvgIpc) is 2.81. The van der Waals surface area contributed by atoms with E-state index < -0.39 is 11.6 Å². The molecule has 0 radical (unpaired) electrons. The zero-order chi connectivity index (χ0) is 13.1. The maximum Gasteiger partial charge on any atom is 0.163 e. The highest BCUT2D eigenvalue weighted by Crippen LogP contribution is 2.65. The van der Waals surface area contributed by atoms with Crippen LogP contribution in [-0.4, -0.2) is 6.04 Å². The van der Waals surface area contributed by atoms with Crippen LogP contribution in [0, 0.1) is 35.3 Å². The largest absolute Gasteiger partial charge is 0.307 e. The van der Waals surface area contributed by atoms with Gasteiger partial charge in [0.1, 0.15) is 0 Å². The molecule has 0 saturated heterocycles. The molecule has 5 unspecified atom stereocenters. The van der Waals surface area contributed by atoms with E-state index in [1.165, 1.54) is 25.3 Å². The van der Waals surface area contributed by atoms with Crippen LogP contribution in [0.5, 0.6) is 0 Å². The van der Waals surface area contributed by atoms with Crippen molar-refractivity contribution in [1.82, 2.24) is 5.32 Å². The van der Waals surface area contributed by atoms with Crippen LogP contribution in [0.25, 0.3) is 0 Å². The van der Waals surface area contributed by atoms with Crippen molar-refractivity contribution in [3.05, 3.63) is 35.4 Å². The molecule has 1 aromatic carbocycles. The zero-order valence-corrected chi connectivity index (χ0v) is 11.1. The molecule has 0 aromatic heterocycles. The van der Waals surface area contributed by atoms with Crippen molar-refractivity contribution < 1.29 is 8.78 Å². The normalized spacial score (nSPS) is 40.3. The minimum atomic E-state index is -0.748. The summed E-state index contributed by atoms with van der Waals surface area (Å²) in [7, 11) is 0. The first-order chi connectivity index (χ1) is 9.16. The lowest BCUT2D eigenvalue weighted by molar-refractivity contribution is 0.419. The molecule has 3 fully saturated rings. The van der Waals surface area contributed by atoms with Crippen LogP contribution in [0.2, 0.25) is 0 Å². The molecule has 3 aliphatic carbocycles. The van der Waals surface area contributed by atoms with Gasteiger partial charge in [0.15, 0.2) is 11.6 Å². The molecule has 3 heteroatoms. The Hall–Kier alpha value is -0.960. The number of rotatable bonds is 3. The fraction of sp³-hybridized carbons (Fsp3) is 0.625. The topological polar surface area (TPSA) is 12.0 Å². The summed E-state index contributed by atoms with van der Waals surface area (Å²) in [4.78, 5) is 0. The smallest absolute Gasteiger partial charge is 0.163 e. The third-order valence-electron chi connectivity index (χ3n) is 5.63. The Labute approximate surface area is 112 Å². The summed E-state index contributed by atoms with van der Waals surface area (Å²) in [5.41, 5.74) is 0.456. The Bertz CT molecular complexity index is 499. The third-order valence-corrected chi connectivity index (χ3v) is 5.63. The summed E-state index contributed by atoms with van der Waals surface area (Å²) >= 11 is 0. The van der Waals surface area contributed by atoms with Gasteiger partial charge in [-0.25, -0.2) is 8.78 Å². The van der Waals surface area contributed by atoms with Crippen LogP contribution in [0.4, 0.5) is 8.78 Å². The molecule has 4 rings (SSSR count). The maximum atomic E-state index is 13.8. The van der Waals surface area contributed by atoms with Gasteiger partial charge in [0, 0.05) is 17.6 Å². The fourth-order valence-electron chi connectivity index (χ4n) is 4.78. The molecule has 0 spiro atoms. The minimum absolute atomic E-state index is 0.106. The van der Waals surface area contributed by atoms with Gasteiger partial charge in [0.2, 0.25) is 0 Å². The van der Waals surface area contributed by atoms with E-state index in [-0.39, 0.29) is 6.04 Å². The molecule has 19 heavy (non-hydrogen) atoms. The van der Waals surface area contributed by atoms with Gasteiger partial charge < -0.3 is 5.32 Å². The predicted molar refractivity (Wildman–Crippen MR) is 69.5 cm³/mol. The van der Waals surface area contributed by atoms with Crippen molar-refractivity contribution in [2.45, 2.75) is 38.3 Å². The van der Waals surface area contributed by atoms with E-state index in [1.807, 2.05) is 6.92 Å². The standard InChI is InChI=1S/C16H19F2N/c1-8(11-3-2-4-12(17)15(11)18)19-16-13-9-5-6-10(7-9)14(13)16/h2-4,8-10,13-14,16,19H,5-7H2,1H3. The Kier molecular flexibility index (Phi) is 2.50. The summed E-state index contributed by atoms with van der Waals surface area (Å²) in [6.45, 7) is 1.94. The lowest BCUT2D eigenvalue weighted by Gasteiger charge is -2.18. The molecule has 0 amide bonds. The van der Waals surface area contributed by atoms with E-state index in [4.69, 9.17) is 0 Å². The number of hydrogen-bond acceptors (Lipinski definition) is 1. The molecular weight excluding hydrogens is 244 g/mol. The first kappa shape index (κ1) is 11.8. The van der Waals surface area contributed by atoms with E-state index in [0.29, 0.717) is 11.6 Å². The van der Waals surface area contributed by atoms with E-state index in [0.717, 1.165) is 23.7 Å². The highest BCUT2D eigenvalue weighted by atomic mass is 19.2. The van der Waals surface area contributed by atoms with Gasteiger partial charge in [-0.05, 0) is 55.9 Å². The van der Waals surface area contributed by atoms with Crippen molar-refractivity contribution in [1.29, 1.82) is 0 Å². The number of fused-ring (bicyclic) bond motifs is 5. The second-order valence-corrected chi connectivity index (χ2v) is 6.55. The molecule has 102 valence electrons. The van der Waals surface area contributed by atoms with Gasteiger partial charge in [-0.2, -0.15) is 0 Å². The highest BCUT2D eigenvalue weighted by molar-refractivity contribution is 5.24. The molecule has 5 atom stereocenters. The predicted octanol–water partition coefficient (Wildman–Crippen LogP) is 3.66. The van der Waals surface area contributed by atoms with Crippen molar-refractivity contribution >= 4 is 0 Å². The summed E-state index contributed by atoms with van der Waals surface area (Å²) in [6, 6.07) is 4.89. The van der Waals surface area contributed by atoms with Crippen molar-refractivity contribution in [3.63, 3.8) is 0 Å². The lowest BCUT2D eigenvalue weighted by atomic mass is 10.0. The van der Waals surface area contributed by atoms with Crippen molar-refractivity contribution in [2.75, 3.05) is 0 Å². The van der Waals surface area contributed by atoms with Gasteiger partial charge in [0.25, 0.3) is 0 Å². The molecule has 2 bridgehead atoms. The van der Waals surface area contributed by atoms with Crippen molar-refractivity contribution in [3.8, 4) is 0 Å². The second kappa shape index (κ2) is 4.02. The molecule has 3 saturated carbocycles. The summed E-state index contributed by atoms with van der Waals surface area (Å²) < 4.78 is 27.0. The Morgan fingerprint density at radius 3 is 2.53 bits per heavy atom. The first-order valence-electron chi connectivity index (χ1n) is 7.37. The molecule has 0 aliphatic heterocycles. The molecule has 1 aromatic rings. The Morgan fingerprint density at radius 2 is 1.84 bits per heavy atom. The molecular formula is C16H19F2N. The molecule has 0 heterocycles. The highest BCUT2D eigenvalue weighted by Gasteiger charge is 2.64. The average molecular weight is 263 g/mol. The van der Waals surface area contributed by atoms with Crippen LogP contribution in [-0.2, 0) is 0 Å². The Morgan fingerprint density at radius 1 is 1.16 bits per heavy atom. The third kappa shape index (κ3) is 1.67. The number of nitrogens with one attached hydrogen (secondary N) is 1. The summed E-state index contributed by atoms with van der Waals surface area (Å²) in [5, 5.41) is 3.53. The number of benzene rings is 1. The molecule has 1 nitrogen and oxygen atoms in total. The molecule has 1 N–H and O–H groups in total. The minimum Gasteiger partial charge on any atom is -0.307 e.